The number of likely N-dealkylation sites (tertiary alicyclic amines) is 1. The van der Waals surface area contributed by atoms with Gasteiger partial charge in [-0.15, -0.1) is 0 Å². The highest BCUT2D eigenvalue weighted by Gasteiger charge is 2.34. The fourth-order valence-corrected chi connectivity index (χ4v) is 7.01. The van der Waals surface area contributed by atoms with E-state index in [0.717, 1.165) is 30.3 Å². The number of nitrogens with one attached hydrogen (secondary N) is 1. The fourth-order valence-electron chi connectivity index (χ4n) is 5.78. The van der Waals surface area contributed by atoms with E-state index in [-0.39, 0.29) is 42.2 Å². The molecule has 1 aromatic carbocycles. The van der Waals surface area contributed by atoms with Crippen molar-refractivity contribution in [2.75, 3.05) is 56.7 Å². The third kappa shape index (κ3) is 8.23. The molecule has 0 bridgehead atoms. The van der Waals surface area contributed by atoms with Gasteiger partial charge in [0.25, 0.3) is 0 Å². The van der Waals surface area contributed by atoms with Crippen molar-refractivity contribution in [3.63, 3.8) is 0 Å². The van der Waals surface area contributed by atoms with Crippen molar-refractivity contribution in [3.05, 3.63) is 45.8 Å². The molecular weight excluding hydrogens is 650 g/mol. The predicted molar refractivity (Wildman–Crippen MR) is 170 cm³/mol. The molecule has 5 rings (SSSR count). The van der Waals surface area contributed by atoms with Gasteiger partial charge in [-0.3, -0.25) is 14.6 Å². The molecule has 2 saturated heterocycles. The van der Waals surface area contributed by atoms with Crippen LogP contribution in [0.2, 0.25) is 5.02 Å². The largest absolute Gasteiger partial charge is 0.481 e. The van der Waals surface area contributed by atoms with Crippen LogP contribution < -0.4 is 10.2 Å². The Morgan fingerprint density at radius 3 is 2.67 bits per heavy atom. The van der Waals surface area contributed by atoms with Crippen LogP contribution in [0.1, 0.15) is 44.1 Å². The number of nitrogens with zero attached hydrogens (tertiary/aromatic N) is 6. The lowest BCUT2D eigenvalue weighted by Gasteiger charge is -2.41. The second-order valence-electron chi connectivity index (χ2n) is 11.2. The van der Waals surface area contributed by atoms with Crippen LogP contribution in [0.5, 0.6) is 0 Å². The number of hydrogen-bond acceptors (Lipinski definition) is 10. The third-order valence-electron chi connectivity index (χ3n) is 8.15. The Morgan fingerprint density at radius 1 is 1.22 bits per heavy atom. The molecule has 2 N–H and O–H groups in total. The molecule has 2 fully saturated rings. The first kappa shape index (κ1) is 35.7. The van der Waals surface area contributed by atoms with Crippen LogP contribution in [-0.2, 0) is 22.3 Å². The van der Waals surface area contributed by atoms with Crippen molar-refractivity contribution in [1.82, 2.24) is 24.8 Å². The number of alkyl halides is 3. The molecule has 0 aliphatic carbocycles. The lowest BCUT2D eigenvalue weighted by molar-refractivity contribution is -0.138. The Morgan fingerprint density at radius 2 is 2.00 bits per heavy atom. The molecule has 4 heterocycles. The number of thiazole rings is 1. The zero-order chi connectivity index (χ0) is 32.3. The lowest BCUT2D eigenvalue weighted by atomic mass is 10.1. The first-order chi connectivity index (χ1) is 21.4. The molecule has 3 aromatic rings. The number of carboxylic acids is 1. The molecular formula is C30H38ClF4N7O3S. The van der Waals surface area contributed by atoms with E-state index in [2.05, 4.69) is 32.1 Å². The summed E-state index contributed by atoms with van der Waals surface area (Å²) >= 11 is 7.12. The molecule has 2 aliphatic heterocycles. The zero-order valence-electron chi connectivity index (χ0n) is 24.8. The van der Waals surface area contributed by atoms with Crippen LogP contribution in [0, 0.1) is 5.82 Å². The fraction of sp³-hybridized carbons (Fsp3) is 0.533. The van der Waals surface area contributed by atoms with E-state index in [1.807, 2.05) is 4.90 Å². The van der Waals surface area contributed by atoms with Crippen molar-refractivity contribution >= 4 is 45.7 Å². The molecule has 0 amide bonds. The molecule has 0 radical (unpaired) electrons. The highest BCUT2D eigenvalue weighted by molar-refractivity contribution is 7.16. The van der Waals surface area contributed by atoms with Crippen LogP contribution in [0.4, 0.5) is 34.3 Å². The van der Waals surface area contributed by atoms with E-state index < -0.39 is 28.5 Å². The van der Waals surface area contributed by atoms with E-state index in [9.17, 15) is 18.0 Å². The number of hydrogen-bond donors (Lipinski definition) is 2. The van der Waals surface area contributed by atoms with Gasteiger partial charge in [-0.05, 0) is 38.4 Å². The molecule has 0 spiro atoms. The second kappa shape index (κ2) is 15.2. The normalized spacial score (nSPS) is 19.3. The van der Waals surface area contributed by atoms with Crippen molar-refractivity contribution in [3.8, 4) is 11.3 Å². The molecule has 2 atom stereocenters. The topological polar surface area (TPSA) is 107 Å². The van der Waals surface area contributed by atoms with E-state index in [1.54, 1.807) is 12.0 Å². The number of halogens is 5. The van der Waals surface area contributed by atoms with Gasteiger partial charge in [-0.2, -0.15) is 17.6 Å². The standard InChI is InChI=1S/C29H34ClF4N7O3S.CH4/c1-17-4-3-8-40(17)14-22-25(18-5-6-21(30)20(12-18)29(32,33)34)37-28(45-22)38-26-24(31)27(36-16-35-26)41-11-10-39(9-7-23(42)43)19(13-41)15-44-2;/h5-6,12,16-17,19H,3-4,7-11,13-15H2,1-2H3,(H,42,43)(H,35,36,37,38);1H4/t17-,19-;/m1./s1. The van der Waals surface area contributed by atoms with Crippen molar-refractivity contribution in [2.45, 2.75) is 58.4 Å². The summed E-state index contributed by atoms with van der Waals surface area (Å²) in [6.07, 6.45) is -1.38. The summed E-state index contributed by atoms with van der Waals surface area (Å²) in [6, 6.07) is 3.84. The minimum absolute atomic E-state index is 0. The Kier molecular flexibility index (Phi) is 11.8. The average Bonchev–Trinajstić information content (AvgIpc) is 3.58. The van der Waals surface area contributed by atoms with Crippen LogP contribution in [-0.4, -0.2) is 94.4 Å². The molecule has 16 heteroatoms. The molecule has 0 unspecified atom stereocenters. The van der Waals surface area contributed by atoms with Gasteiger partial charge in [0, 0.05) is 56.3 Å². The summed E-state index contributed by atoms with van der Waals surface area (Å²) < 4.78 is 62.3. The maximum Gasteiger partial charge on any atom is 0.417 e. The van der Waals surface area contributed by atoms with Crippen LogP contribution in [0.3, 0.4) is 0 Å². The van der Waals surface area contributed by atoms with Gasteiger partial charge in [0.15, 0.2) is 16.8 Å². The number of piperazine rings is 1. The van der Waals surface area contributed by atoms with Crippen molar-refractivity contribution in [1.29, 1.82) is 0 Å². The Bertz CT molecular complexity index is 1510. The highest BCUT2D eigenvalue weighted by atomic mass is 35.5. The molecule has 46 heavy (non-hydrogen) atoms. The number of benzene rings is 1. The number of ether oxygens (including phenoxy) is 1. The third-order valence-corrected chi connectivity index (χ3v) is 9.44. The SMILES string of the molecule is C.COC[C@H]1CN(c2ncnc(Nc3nc(-c4ccc(Cl)c(C(F)(F)F)c4)c(CN4CCC[C@H]4C)s3)c2F)CCN1CCC(=O)O. The van der Waals surface area contributed by atoms with Gasteiger partial charge >= 0.3 is 12.1 Å². The van der Waals surface area contributed by atoms with Crippen molar-refractivity contribution < 1.29 is 32.2 Å². The number of aliphatic carboxylic acids is 1. The quantitative estimate of drug-likeness (QED) is 0.220. The Labute approximate surface area is 274 Å². The summed E-state index contributed by atoms with van der Waals surface area (Å²) in [5, 5.41) is 11.9. The van der Waals surface area contributed by atoms with Gasteiger partial charge in [-0.1, -0.05) is 36.4 Å². The molecule has 0 saturated carbocycles. The summed E-state index contributed by atoms with van der Waals surface area (Å²) in [7, 11) is 1.55. The zero-order valence-corrected chi connectivity index (χ0v) is 26.4. The maximum absolute atomic E-state index is 15.9. The first-order valence-corrected chi connectivity index (χ1v) is 15.7. The Balaban J connectivity index is 0.00000480. The van der Waals surface area contributed by atoms with E-state index >= 15 is 4.39 Å². The molecule has 252 valence electrons. The average molecular weight is 688 g/mol. The second-order valence-corrected chi connectivity index (χ2v) is 12.7. The monoisotopic (exact) mass is 687 g/mol. The van der Waals surface area contributed by atoms with E-state index in [4.69, 9.17) is 21.4 Å². The number of carboxylic acid groups (broad SMARTS) is 1. The summed E-state index contributed by atoms with van der Waals surface area (Å²) in [5.74, 6) is -1.65. The number of anilines is 3. The van der Waals surface area contributed by atoms with E-state index in [1.165, 1.54) is 29.8 Å². The number of rotatable bonds is 11. The van der Waals surface area contributed by atoms with Crippen LogP contribution >= 0.6 is 22.9 Å². The summed E-state index contributed by atoms with van der Waals surface area (Å²) in [4.78, 5) is 30.8. The van der Waals surface area contributed by atoms with Gasteiger partial charge in [0.1, 0.15) is 6.33 Å². The number of carbonyl (C=O) groups is 1. The molecule has 2 aromatic heterocycles. The van der Waals surface area contributed by atoms with Gasteiger partial charge in [0.2, 0.25) is 5.82 Å². The lowest BCUT2D eigenvalue weighted by Crippen LogP contribution is -2.55. The van der Waals surface area contributed by atoms with Crippen LogP contribution in [0.15, 0.2) is 24.5 Å². The summed E-state index contributed by atoms with van der Waals surface area (Å²) in [6.45, 7) is 5.37. The number of methoxy groups -OCH3 is 1. The molecule has 2 aliphatic rings. The maximum atomic E-state index is 15.9. The minimum atomic E-state index is -4.64. The predicted octanol–water partition coefficient (Wildman–Crippen LogP) is 6.39. The van der Waals surface area contributed by atoms with E-state index in [0.29, 0.717) is 51.1 Å². The smallest absolute Gasteiger partial charge is 0.417 e. The van der Waals surface area contributed by atoms with Gasteiger partial charge in [-0.25, -0.2) is 15.0 Å². The van der Waals surface area contributed by atoms with Gasteiger partial charge < -0.3 is 20.1 Å². The van der Waals surface area contributed by atoms with Crippen molar-refractivity contribution in [2.24, 2.45) is 0 Å². The number of aromatic nitrogens is 3. The minimum Gasteiger partial charge on any atom is -0.481 e. The Hall–Kier alpha value is -3.11. The first-order valence-electron chi connectivity index (χ1n) is 14.5. The molecule has 10 nitrogen and oxygen atoms in total. The van der Waals surface area contributed by atoms with Gasteiger partial charge in [0.05, 0.1) is 35.3 Å². The van der Waals surface area contributed by atoms with Crippen LogP contribution in [0.25, 0.3) is 11.3 Å². The summed E-state index contributed by atoms with van der Waals surface area (Å²) in [5.41, 5.74) is -0.337. The highest BCUT2D eigenvalue weighted by Crippen LogP contribution is 2.40.